The summed E-state index contributed by atoms with van der Waals surface area (Å²) in [7, 11) is 2.14. The molecule has 0 spiro atoms. The van der Waals surface area contributed by atoms with Crippen LogP contribution in [-0.4, -0.2) is 60.7 Å². The lowest BCUT2D eigenvalue weighted by molar-refractivity contribution is -0.138. The zero-order valence-corrected chi connectivity index (χ0v) is 17.8. The lowest BCUT2D eigenvalue weighted by atomic mass is 10.2. The fourth-order valence-electron chi connectivity index (χ4n) is 3.35. The van der Waals surface area contributed by atoms with Crippen molar-refractivity contribution in [1.29, 1.82) is 0 Å². The summed E-state index contributed by atoms with van der Waals surface area (Å²) in [6, 6.07) is 9.21. The van der Waals surface area contributed by atoms with E-state index in [0.717, 1.165) is 79.8 Å². The highest BCUT2D eigenvalue weighted by atomic mass is 35.5. The molecule has 5 nitrogen and oxygen atoms in total. The van der Waals surface area contributed by atoms with Gasteiger partial charge in [0.25, 0.3) is 5.56 Å². The third kappa shape index (κ3) is 7.04. The Kier molecular flexibility index (Phi) is 8.76. The van der Waals surface area contributed by atoms with Gasteiger partial charge >= 0.3 is 6.18 Å². The molecule has 0 aliphatic carbocycles. The van der Waals surface area contributed by atoms with E-state index in [-0.39, 0.29) is 19.0 Å². The summed E-state index contributed by atoms with van der Waals surface area (Å²) in [6.45, 7) is 6.48. The van der Waals surface area contributed by atoms with Crippen LogP contribution in [0, 0.1) is 0 Å². The van der Waals surface area contributed by atoms with Gasteiger partial charge in [-0.3, -0.25) is 4.79 Å². The van der Waals surface area contributed by atoms with E-state index in [1.165, 1.54) is 0 Å². The first kappa shape index (κ1) is 24.2. The Morgan fingerprint density at radius 3 is 2.30 bits per heavy atom. The van der Waals surface area contributed by atoms with Crippen LogP contribution >= 0.6 is 12.4 Å². The lowest BCUT2D eigenvalue weighted by Gasteiger charge is -2.32. The summed E-state index contributed by atoms with van der Waals surface area (Å²) in [6.07, 6.45) is -2.55. The van der Waals surface area contributed by atoms with Gasteiger partial charge in [0.15, 0.2) is 0 Å². The number of halogens is 4. The van der Waals surface area contributed by atoms with Crippen molar-refractivity contribution in [2.75, 3.05) is 51.6 Å². The standard InChI is InChI=1S/C21H27F3N4O.ClH/c1-26-11-13-27(14-12-26)10-2-9-25-19-6-3-17(4-7-19)15-28-16-18(21(22,23)24)5-8-20(28)29;/h3-8,16,25H,2,9-15H2,1H3;1H. The number of piperazine rings is 1. The average Bonchev–Trinajstić information content (AvgIpc) is 2.68. The van der Waals surface area contributed by atoms with E-state index < -0.39 is 17.3 Å². The van der Waals surface area contributed by atoms with Crippen molar-refractivity contribution in [2.45, 2.75) is 19.1 Å². The van der Waals surface area contributed by atoms with Crippen LogP contribution in [0.3, 0.4) is 0 Å². The molecule has 0 amide bonds. The first-order chi connectivity index (χ1) is 13.8. The first-order valence-corrected chi connectivity index (χ1v) is 9.83. The molecule has 3 rings (SSSR count). The molecule has 1 aliphatic rings. The number of alkyl halides is 3. The second kappa shape index (κ2) is 10.8. The molecule has 1 aromatic carbocycles. The van der Waals surface area contributed by atoms with Crippen LogP contribution in [0.15, 0.2) is 47.4 Å². The van der Waals surface area contributed by atoms with E-state index >= 15 is 0 Å². The Bertz CT molecular complexity index is 847. The Hall–Kier alpha value is -2.03. The van der Waals surface area contributed by atoms with Crippen LogP contribution < -0.4 is 10.9 Å². The Labute approximate surface area is 180 Å². The molecular formula is C21H28ClF3N4O. The van der Waals surface area contributed by atoms with Crippen molar-refractivity contribution in [3.8, 4) is 0 Å². The van der Waals surface area contributed by atoms with Gasteiger partial charge in [-0.2, -0.15) is 13.2 Å². The summed E-state index contributed by atoms with van der Waals surface area (Å²) in [5.74, 6) is 0. The fourth-order valence-corrected chi connectivity index (χ4v) is 3.35. The minimum absolute atomic E-state index is 0. The van der Waals surface area contributed by atoms with Crippen LogP contribution in [-0.2, 0) is 12.7 Å². The van der Waals surface area contributed by atoms with E-state index in [0.29, 0.717) is 0 Å². The number of aromatic nitrogens is 1. The summed E-state index contributed by atoms with van der Waals surface area (Å²) >= 11 is 0. The van der Waals surface area contributed by atoms with Gasteiger partial charge in [0.1, 0.15) is 0 Å². The molecule has 9 heteroatoms. The van der Waals surface area contributed by atoms with Gasteiger partial charge in [0.2, 0.25) is 0 Å². The van der Waals surface area contributed by atoms with Gasteiger partial charge in [0.05, 0.1) is 12.1 Å². The van der Waals surface area contributed by atoms with Gasteiger partial charge in [-0.1, -0.05) is 12.1 Å². The molecule has 2 aromatic rings. The SMILES string of the molecule is CN1CCN(CCCNc2ccc(Cn3cc(C(F)(F)F)ccc3=O)cc2)CC1.Cl. The van der Waals surface area contributed by atoms with Crippen molar-refractivity contribution in [3.05, 3.63) is 64.1 Å². The maximum Gasteiger partial charge on any atom is 0.417 e. The molecule has 30 heavy (non-hydrogen) atoms. The molecule has 0 radical (unpaired) electrons. The number of benzene rings is 1. The molecule has 1 aromatic heterocycles. The number of likely N-dealkylation sites (N-methyl/N-ethyl adjacent to an activating group) is 1. The Morgan fingerprint density at radius 1 is 1.00 bits per heavy atom. The molecule has 0 atom stereocenters. The van der Waals surface area contributed by atoms with E-state index in [9.17, 15) is 18.0 Å². The second-order valence-corrected chi connectivity index (χ2v) is 7.50. The number of pyridine rings is 1. The van der Waals surface area contributed by atoms with Gasteiger partial charge in [-0.15, -0.1) is 12.4 Å². The Morgan fingerprint density at radius 2 is 1.67 bits per heavy atom. The normalized spacial score (nSPS) is 15.6. The number of hydrogen-bond donors (Lipinski definition) is 1. The van der Waals surface area contributed by atoms with E-state index in [4.69, 9.17) is 0 Å². The molecule has 1 aliphatic heterocycles. The molecule has 1 fully saturated rings. The highest BCUT2D eigenvalue weighted by Crippen LogP contribution is 2.28. The molecule has 166 valence electrons. The van der Waals surface area contributed by atoms with Gasteiger partial charge in [0, 0.05) is 50.7 Å². The molecular weight excluding hydrogens is 417 g/mol. The predicted molar refractivity (Wildman–Crippen MR) is 116 cm³/mol. The topological polar surface area (TPSA) is 40.5 Å². The number of nitrogens with one attached hydrogen (secondary N) is 1. The maximum atomic E-state index is 12.8. The third-order valence-corrected chi connectivity index (χ3v) is 5.19. The summed E-state index contributed by atoms with van der Waals surface area (Å²) in [5, 5.41) is 3.37. The van der Waals surface area contributed by atoms with Crippen molar-refractivity contribution in [2.24, 2.45) is 0 Å². The zero-order valence-electron chi connectivity index (χ0n) is 17.0. The van der Waals surface area contributed by atoms with Crippen molar-refractivity contribution in [3.63, 3.8) is 0 Å². The smallest absolute Gasteiger partial charge is 0.385 e. The second-order valence-electron chi connectivity index (χ2n) is 7.50. The minimum atomic E-state index is -4.46. The minimum Gasteiger partial charge on any atom is -0.385 e. The quantitative estimate of drug-likeness (QED) is 0.665. The number of nitrogens with zero attached hydrogens (tertiary/aromatic N) is 3. The van der Waals surface area contributed by atoms with Crippen LogP contribution in [0.5, 0.6) is 0 Å². The lowest BCUT2D eigenvalue weighted by Crippen LogP contribution is -2.44. The van der Waals surface area contributed by atoms with Gasteiger partial charge in [-0.05, 0) is 43.8 Å². The highest BCUT2D eigenvalue weighted by Gasteiger charge is 2.31. The van der Waals surface area contributed by atoms with Crippen molar-refractivity contribution < 1.29 is 13.2 Å². The third-order valence-electron chi connectivity index (χ3n) is 5.19. The van der Waals surface area contributed by atoms with Gasteiger partial charge in [-0.25, -0.2) is 0 Å². The van der Waals surface area contributed by atoms with Crippen LogP contribution in [0.25, 0.3) is 0 Å². The summed E-state index contributed by atoms with van der Waals surface area (Å²) in [5.41, 5.74) is 0.456. The van der Waals surface area contributed by atoms with E-state index in [2.05, 4.69) is 22.2 Å². The highest BCUT2D eigenvalue weighted by molar-refractivity contribution is 5.85. The van der Waals surface area contributed by atoms with Crippen LogP contribution in [0.2, 0.25) is 0 Å². The van der Waals surface area contributed by atoms with Gasteiger partial charge < -0.3 is 19.7 Å². The predicted octanol–water partition coefficient (Wildman–Crippen LogP) is 3.39. The summed E-state index contributed by atoms with van der Waals surface area (Å²) < 4.78 is 39.6. The number of anilines is 1. The largest absolute Gasteiger partial charge is 0.417 e. The average molecular weight is 445 g/mol. The molecule has 0 bridgehead atoms. The van der Waals surface area contributed by atoms with Crippen molar-refractivity contribution >= 4 is 18.1 Å². The molecule has 0 unspecified atom stereocenters. The zero-order chi connectivity index (χ0) is 20.9. The van der Waals surface area contributed by atoms with Crippen LogP contribution in [0.1, 0.15) is 17.5 Å². The van der Waals surface area contributed by atoms with Crippen LogP contribution in [0.4, 0.5) is 18.9 Å². The van der Waals surface area contributed by atoms with Crippen molar-refractivity contribution in [1.82, 2.24) is 14.4 Å². The monoisotopic (exact) mass is 444 g/mol. The maximum absolute atomic E-state index is 12.8. The fraction of sp³-hybridized carbons (Fsp3) is 0.476. The molecule has 1 saturated heterocycles. The van der Waals surface area contributed by atoms with E-state index in [1.54, 1.807) is 0 Å². The van der Waals surface area contributed by atoms with E-state index in [1.807, 2.05) is 24.3 Å². The number of hydrogen-bond acceptors (Lipinski definition) is 4. The molecule has 2 heterocycles. The summed E-state index contributed by atoms with van der Waals surface area (Å²) in [4.78, 5) is 16.7. The first-order valence-electron chi connectivity index (χ1n) is 9.83. The number of rotatable bonds is 7. The molecule has 1 N–H and O–H groups in total. The molecule has 0 saturated carbocycles. The Balaban J connectivity index is 0.00000320.